The molecule has 5 heterocycles. The molecule has 0 fully saturated rings. The van der Waals surface area contributed by atoms with Gasteiger partial charge in [0.1, 0.15) is 11.9 Å². The van der Waals surface area contributed by atoms with Crippen molar-refractivity contribution in [2.75, 3.05) is 19.0 Å². The number of amides is 2. The first-order chi connectivity index (χ1) is 26.2. The molecule has 288 valence electrons. The Morgan fingerprint density at radius 3 is 2.25 bits per heavy atom. The van der Waals surface area contributed by atoms with Gasteiger partial charge in [0.2, 0.25) is 11.8 Å². The van der Waals surface area contributed by atoms with Crippen molar-refractivity contribution in [2.45, 2.75) is 71.4 Å². The molecule has 5 rings (SSSR count). The van der Waals surface area contributed by atoms with Crippen molar-refractivity contribution in [1.29, 1.82) is 0 Å². The van der Waals surface area contributed by atoms with E-state index in [9.17, 15) is 29.1 Å². The van der Waals surface area contributed by atoms with Crippen LogP contribution in [0.1, 0.15) is 84.4 Å². The lowest BCUT2D eigenvalue weighted by molar-refractivity contribution is -0.147. The molecular formula is C40H45N7O8. The van der Waals surface area contributed by atoms with Gasteiger partial charge in [-0.25, -0.2) is 14.8 Å². The molecule has 0 spiro atoms. The van der Waals surface area contributed by atoms with E-state index in [0.29, 0.717) is 35.6 Å². The minimum atomic E-state index is -1.58. The number of aromatic nitrogens is 4. The summed E-state index contributed by atoms with van der Waals surface area (Å²) in [6, 6.07) is 5.87. The molecule has 15 heteroatoms. The highest BCUT2D eigenvalue weighted by atomic mass is 16.5. The van der Waals surface area contributed by atoms with Crippen molar-refractivity contribution in [1.82, 2.24) is 30.6 Å². The number of carbonyl (C=O) groups is 5. The van der Waals surface area contributed by atoms with Crippen LogP contribution < -0.4 is 16.0 Å². The van der Waals surface area contributed by atoms with Gasteiger partial charge in [0.15, 0.2) is 0 Å². The lowest BCUT2D eigenvalue weighted by Crippen LogP contribution is -2.43. The molecule has 15 nitrogen and oxygen atoms in total. The molecule has 0 aliphatic carbocycles. The number of ether oxygens (including phenoxy) is 1. The second-order valence-electron chi connectivity index (χ2n) is 13.3. The normalized spacial score (nSPS) is 14.1. The first-order valence-corrected chi connectivity index (χ1v) is 17.8. The molecule has 0 aromatic carbocycles. The predicted octanol–water partition coefficient (Wildman–Crippen LogP) is 5.28. The van der Waals surface area contributed by atoms with Crippen molar-refractivity contribution < 1.29 is 38.9 Å². The zero-order valence-electron chi connectivity index (χ0n) is 31.2. The standard InChI is InChI=1S/C40H45N7O8/c1-7-23-20(3)27-15-31-24(8-2)21(4)29(44-31)18-35-45-26(10-12-39(52)55-6)33(46-35)17-32-25(22(5)28(43-32)16-30(23)42-27)9-11-36(48)41-14-13-37(49)47-34(40(53)54)19-38(50)51/h7-8,15-18,26,34,43-44H,1-2,9-14,19H2,3-6H3,(H,41,48)(H,45,46)(H,47,49)(H,50,51)(H,53,54)/t26?,34-/m0/s1. The number of aliphatic carboxylic acids is 2. The highest BCUT2D eigenvalue weighted by Crippen LogP contribution is 2.34. The second-order valence-corrected chi connectivity index (χ2v) is 13.3. The van der Waals surface area contributed by atoms with Crippen molar-refractivity contribution in [3.8, 4) is 0 Å². The molecule has 2 aliphatic heterocycles. The summed E-state index contributed by atoms with van der Waals surface area (Å²) in [7, 11) is 1.35. The number of methoxy groups -OCH3 is 1. The van der Waals surface area contributed by atoms with Gasteiger partial charge < -0.3 is 40.9 Å². The summed E-state index contributed by atoms with van der Waals surface area (Å²) in [5.74, 6) is -3.63. The number of carboxylic acid groups (broad SMARTS) is 2. The van der Waals surface area contributed by atoms with Crippen LogP contribution in [0.5, 0.6) is 0 Å². The van der Waals surface area contributed by atoms with Crippen LogP contribution in [0, 0.1) is 13.8 Å². The average molecular weight is 752 g/mol. The maximum Gasteiger partial charge on any atom is 0.326 e. The number of carboxylic acids is 2. The van der Waals surface area contributed by atoms with Gasteiger partial charge in [-0.05, 0) is 74.1 Å². The number of hydrogen-bond donors (Lipinski definition) is 7. The quantitative estimate of drug-likeness (QED) is 0.0988. The number of nitrogens with one attached hydrogen (secondary N) is 5. The van der Waals surface area contributed by atoms with Crippen LogP contribution >= 0.6 is 0 Å². The molecule has 1 unspecified atom stereocenters. The third-order valence-electron chi connectivity index (χ3n) is 9.75. The Morgan fingerprint density at radius 2 is 1.58 bits per heavy atom. The lowest BCUT2D eigenvalue weighted by atomic mass is 10.0. The Kier molecular flexibility index (Phi) is 12.3. The summed E-state index contributed by atoms with van der Waals surface area (Å²) in [6.45, 7) is 14.0. The van der Waals surface area contributed by atoms with Crippen LogP contribution in [0.15, 0.2) is 43.5 Å². The molecule has 2 aliphatic rings. The van der Waals surface area contributed by atoms with Crippen molar-refractivity contribution in [2.24, 2.45) is 0 Å². The highest BCUT2D eigenvalue weighted by molar-refractivity contribution is 5.97. The van der Waals surface area contributed by atoms with Gasteiger partial charge in [-0.15, -0.1) is 0 Å². The number of anilines is 1. The third-order valence-corrected chi connectivity index (χ3v) is 9.75. The summed E-state index contributed by atoms with van der Waals surface area (Å²) in [6.07, 6.45) is 3.52. The van der Waals surface area contributed by atoms with Crippen LogP contribution in [0.4, 0.5) is 5.82 Å². The molecule has 0 radical (unpaired) electrons. The fourth-order valence-electron chi connectivity index (χ4n) is 6.69. The first kappa shape index (κ1) is 39.7. The van der Waals surface area contributed by atoms with Crippen LogP contribution in [-0.4, -0.2) is 79.6 Å². The minimum Gasteiger partial charge on any atom is -0.481 e. The van der Waals surface area contributed by atoms with Crippen LogP contribution in [-0.2, 0) is 35.1 Å². The van der Waals surface area contributed by atoms with Gasteiger partial charge in [-0.3, -0.25) is 19.2 Å². The van der Waals surface area contributed by atoms with E-state index in [1.165, 1.54) is 7.11 Å². The Balaban J connectivity index is 1.54. The molecule has 3 aromatic heterocycles. The molecule has 55 heavy (non-hydrogen) atoms. The number of rotatable bonds is 15. The SMILES string of the molecule is C=CC1=C(C)c2cc3[nH]c(cc4nc(cc5[nH]c(cc1n2)c(C)c5CCC(=O)NCCC(=O)N[C@@H](CC(=O)O)C(=O)O)C(CCC(=O)OC)N4)c(C)c3C=C. The Morgan fingerprint density at radius 1 is 0.873 bits per heavy atom. The number of fused-ring (bicyclic) bond motifs is 8. The molecule has 0 saturated carbocycles. The largest absolute Gasteiger partial charge is 0.481 e. The number of H-pyrrole nitrogens is 2. The van der Waals surface area contributed by atoms with Gasteiger partial charge in [-0.1, -0.05) is 25.3 Å². The maximum absolute atomic E-state index is 13.0. The zero-order valence-corrected chi connectivity index (χ0v) is 31.2. The van der Waals surface area contributed by atoms with Crippen molar-refractivity contribution >= 4 is 74.8 Å². The minimum absolute atomic E-state index is 0.0591. The number of aryl methyl sites for hydroxylation is 3. The molecule has 8 bridgehead atoms. The average Bonchev–Trinajstić information content (AvgIpc) is 3.83. The van der Waals surface area contributed by atoms with Crippen LogP contribution in [0.2, 0.25) is 0 Å². The van der Waals surface area contributed by atoms with E-state index in [2.05, 4.69) is 39.1 Å². The maximum atomic E-state index is 13.0. The van der Waals surface area contributed by atoms with E-state index in [0.717, 1.165) is 55.6 Å². The number of nitrogens with zero attached hydrogens (tertiary/aromatic N) is 2. The van der Waals surface area contributed by atoms with Gasteiger partial charge in [0.25, 0.3) is 0 Å². The Bertz CT molecular complexity index is 2280. The molecule has 0 saturated heterocycles. The van der Waals surface area contributed by atoms with Crippen LogP contribution in [0.3, 0.4) is 0 Å². The zero-order chi connectivity index (χ0) is 40.0. The lowest BCUT2D eigenvalue weighted by Gasteiger charge is -2.12. The number of hydrogen-bond acceptors (Lipinski definition) is 9. The number of carbonyl (C=O) groups excluding carboxylic acids is 3. The second kappa shape index (κ2) is 17.1. The number of esters is 1. The summed E-state index contributed by atoms with van der Waals surface area (Å²) in [4.78, 5) is 76.7. The van der Waals surface area contributed by atoms with Crippen LogP contribution in [0.25, 0.3) is 39.3 Å². The van der Waals surface area contributed by atoms with E-state index in [-0.39, 0.29) is 43.7 Å². The fraction of sp³-hybridized carbons (Fsp3) is 0.325. The monoisotopic (exact) mass is 751 g/mol. The van der Waals surface area contributed by atoms with E-state index in [1.807, 2.05) is 45.0 Å². The summed E-state index contributed by atoms with van der Waals surface area (Å²) < 4.78 is 4.91. The summed E-state index contributed by atoms with van der Waals surface area (Å²) in [5.41, 5.74) is 10.8. The molecule has 2 atom stereocenters. The fourth-order valence-corrected chi connectivity index (χ4v) is 6.69. The summed E-state index contributed by atoms with van der Waals surface area (Å²) >= 11 is 0. The Labute approximate surface area is 317 Å². The highest BCUT2D eigenvalue weighted by Gasteiger charge is 2.24. The molecule has 2 amide bonds. The molecule has 3 aromatic rings. The first-order valence-electron chi connectivity index (χ1n) is 17.8. The predicted molar refractivity (Wildman–Crippen MR) is 209 cm³/mol. The van der Waals surface area contributed by atoms with E-state index < -0.39 is 30.3 Å². The van der Waals surface area contributed by atoms with E-state index in [1.54, 1.807) is 12.2 Å². The topological polar surface area (TPSA) is 228 Å². The third kappa shape index (κ3) is 9.18. The smallest absolute Gasteiger partial charge is 0.326 e. The van der Waals surface area contributed by atoms with Gasteiger partial charge in [-0.2, -0.15) is 0 Å². The van der Waals surface area contributed by atoms with E-state index in [4.69, 9.17) is 19.8 Å². The van der Waals surface area contributed by atoms with E-state index >= 15 is 0 Å². The van der Waals surface area contributed by atoms with Crippen molar-refractivity contribution in [3.63, 3.8) is 0 Å². The Hall–Kier alpha value is -6.51. The van der Waals surface area contributed by atoms with Crippen molar-refractivity contribution in [3.05, 3.63) is 82.8 Å². The number of aromatic amines is 2. The number of allylic oxidation sites excluding steroid dienone is 3. The molecular weight excluding hydrogens is 706 g/mol. The van der Waals surface area contributed by atoms with Gasteiger partial charge >= 0.3 is 17.9 Å². The summed E-state index contributed by atoms with van der Waals surface area (Å²) in [5, 5.41) is 26.4. The molecule has 7 N–H and O–H groups in total. The van der Waals surface area contributed by atoms with Gasteiger partial charge in [0, 0.05) is 65.1 Å². The van der Waals surface area contributed by atoms with Gasteiger partial charge in [0.05, 0.1) is 36.7 Å².